The average Bonchev–Trinajstić information content (AvgIpc) is 2.38. The first-order valence-corrected chi connectivity index (χ1v) is 6.64. The fourth-order valence-electron chi connectivity index (χ4n) is 2.55. The summed E-state index contributed by atoms with van der Waals surface area (Å²) in [6, 6.07) is 1.58. The molecular weight excluding hydrogens is 246 g/mol. The standard InChI is InChI=1S/C13H19N3O3/c1-2-16-12(17)7-11(8-14-16)15-5-3-4-10(9-15)6-13(18)19/h7-8,10H,2-6,9H2,1H3,(H,18,19). The van der Waals surface area contributed by atoms with E-state index in [0.717, 1.165) is 25.1 Å². The zero-order chi connectivity index (χ0) is 13.8. The minimum atomic E-state index is -0.758. The summed E-state index contributed by atoms with van der Waals surface area (Å²) >= 11 is 0. The van der Waals surface area contributed by atoms with Crippen LogP contribution in [0.4, 0.5) is 5.69 Å². The molecule has 104 valence electrons. The molecule has 1 aromatic rings. The van der Waals surface area contributed by atoms with Gasteiger partial charge in [-0.3, -0.25) is 9.59 Å². The largest absolute Gasteiger partial charge is 0.481 e. The highest BCUT2D eigenvalue weighted by Gasteiger charge is 2.22. The normalized spacial score (nSPS) is 19.4. The Bertz CT molecular complexity index is 512. The molecule has 1 atom stereocenters. The number of aryl methyl sites for hydroxylation is 1. The van der Waals surface area contributed by atoms with Gasteiger partial charge in [0.05, 0.1) is 11.9 Å². The van der Waals surface area contributed by atoms with E-state index in [1.165, 1.54) is 4.68 Å². The number of piperidine rings is 1. The van der Waals surface area contributed by atoms with E-state index in [9.17, 15) is 9.59 Å². The second-order valence-corrected chi connectivity index (χ2v) is 4.92. The van der Waals surface area contributed by atoms with Gasteiger partial charge in [0.1, 0.15) is 0 Å². The van der Waals surface area contributed by atoms with Gasteiger partial charge in [0.2, 0.25) is 0 Å². The Hall–Kier alpha value is -1.85. The summed E-state index contributed by atoms with van der Waals surface area (Å²) in [6.45, 7) is 3.97. The number of aromatic nitrogens is 2. The number of rotatable bonds is 4. The third-order valence-corrected chi connectivity index (χ3v) is 3.50. The molecule has 0 aromatic carbocycles. The molecule has 0 aliphatic carbocycles. The van der Waals surface area contributed by atoms with Crippen LogP contribution in [0.5, 0.6) is 0 Å². The molecule has 1 aliphatic rings. The van der Waals surface area contributed by atoms with Gasteiger partial charge in [-0.05, 0) is 25.7 Å². The Morgan fingerprint density at radius 1 is 1.58 bits per heavy atom. The van der Waals surface area contributed by atoms with E-state index < -0.39 is 5.97 Å². The van der Waals surface area contributed by atoms with Crippen LogP contribution in [0.2, 0.25) is 0 Å². The van der Waals surface area contributed by atoms with Crippen LogP contribution < -0.4 is 10.5 Å². The van der Waals surface area contributed by atoms with Crippen molar-refractivity contribution >= 4 is 11.7 Å². The fourth-order valence-corrected chi connectivity index (χ4v) is 2.55. The molecule has 1 unspecified atom stereocenters. The summed E-state index contributed by atoms with van der Waals surface area (Å²) in [6.07, 6.45) is 3.76. The van der Waals surface area contributed by atoms with Crippen molar-refractivity contribution in [2.45, 2.75) is 32.7 Å². The summed E-state index contributed by atoms with van der Waals surface area (Å²) < 4.78 is 1.40. The van der Waals surface area contributed by atoms with E-state index in [2.05, 4.69) is 10.00 Å². The minimum absolute atomic E-state index is 0.111. The van der Waals surface area contributed by atoms with E-state index in [4.69, 9.17) is 5.11 Å². The number of carboxylic acids is 1. The Balaban J connectivity index is 2.10. The van der Waals surface area contributed by atoms with Gasteiger partial charge in [-0.1, -0.05) is 0 Å². The molecule has 1 aromatic heterocycles. The smallest absolute Gasteiger partial charge is 0.303 e. The molecule has 0 amide bonds. The van der Waals surface area contributed by atoms with Crippen molar-refractivity contribution < 1.29 is 9.90 Å². The van der Waals surface area contributed by atoms with Gasteiger partial charge in [-0.2, -0.15) is 5.10 Å². The molecule has 0 radical (unpaired) electrons. The molecule has 1 aliphatic heterocycles. The van der Waals surface area contributed by atoms with Gasteiger partial charge in [0.15, 0.2) is 0 Å². The Labute approximate surface area is 111 Å². The molecule has 0 bridgehead atoms. The summed E-state index contributed by atoms with van der Waals surface area (Å²) in [4.78, 5) is 24.6. The number of carboxylic acid groups (broad SMARTS) is 1. The minimum Gasteiger partial charge on any atom is -0.481 e. The number of anilines is 1. The maximum atomic E-state index is 11.8. The molecule has 0 spiro atoms. The second kappa shape index (κ2) is 5.86. The van der Waals surface area contributed by atoms with Gasteiger partial charge in [0, 0.05) is 32.1 Å². The highest BCUT2D eigenvalue weighted by Crippen LogP contribution is 2.23. The van der Waals surface area contributed by atoms with Gasteiger partial charge in [0.25, 0.3) is 5.56 Å². The average molecular weight is 265 g/mol. The van der Waals surface area contributed by atoms with Crippen LogP contribution in [0.3, 0.4) is 0 Å². The van der Waals surface area contributed by atoms with Crippen LogP contribution in [-0.4, -0.2) is 33.9 Å². The lowest BCUT2D eigenvalue weighted by molar-refractivity contribution is -0.138. The summed E-state index contributed by atoms with van der Waals surface area (Å²) in [5.74, 6) is -0.605. The fraction of sp³-hybridized carbons (Fsp3) is 0.615. The maximum absolute atomic E-state index is 11.8. The van der Waals surface area contributed by atoms with Crippen molar-refractivity contribution in [2.24, 2.45) is 5.92 Å². The van der Waals surface area contributed by atoms with E-state index >= 15 is 0 Å². The van der Waals surface area contributed by atoms with Crippen LogP contribution in [0.15, 0.2) is 17.1 Å². The monoisotopic (exact) mass is 265 g/mol. The first-order valence-electron chi connectivity index (χ1n) is 6.64. The number of hydrogen-bond donors (Lipinski definition) is 1. The van der Waals surface area contributed by atoms with Gasteiger partial charge < -0.3 is 10.0 Å². The van der Waals surface area contributed by atoms with Gasteiger partial charge in [-0.25, -0.2) is 4.68 Å². The number of aliphatic carboxylic acids is 1. The highest BCUT2D eigenvalue weighted by atomic mass is 16.4. The molecule has 1 N–H and O–H groups in total. The lowest BCUT2D eigenvalue weighted by atomic mass is 9.94. The molecule has 1 saturated heterocycles. The van der Waals surface area contributed by atoms with E-state index in [-0.39, 0.29) is 17.9 Å². The zero-order valence-electron chi connectivity index (χ0n) is 11.1. The lowest BCUT2D eigenvalue weighted by Crippen LogP contribution is -2.37. The molecular formula is C13H19N3O3. The first-order chi connectivity index (χ1) is 9.10. The first kappa shape index (κ1) is 13.6. The number of hydrogen-bond acceptors (Lipinski definition) is 4. The zero-order valence-corrected chi connectivity index (χ0v) is 11.1. The maximum Gasteiger partial charge on any atom is 0.303 e. The van der Waals surface area contributed by atoms with Crippen LogP contribution in [0.1, 0.15) is 26.2 Å². The second-order valence-electron chi connectivity index (χ2n) is 4.92. The van der Waals surface area contributed by atoms with E-state index in [0.29, 0.717) is 13.1 Å². The molecule has 0 saturated carbocycles. The van der Waals surface area contributed by atoms with Gasteiger partial charge in [-0.15, -0.1) is 0 Å². The topological polar surface area (TPSA) is 75.4 Å². The van der Waals surface area contributed by atoms with Crippen molar-refractivity contribution in [1.82, 2.24) is 9.78 Å². The van der Waals surface area contributed by atoms with Crippen LogP contribution >= 0.6 is 0 Å². The van der Waals surface area contributed by atoms with E-state index in [1.807, 2.05) is 6.92 Å². The quantitative estimate of drug-likeness (QED) is 0.877. The Morgan fingerprint density at radius 2 is 2.37 bits per heavy atom. The molecule has 19 heavy (non-hydrogen) atoms. The predicted octanol–water partition coefficient (Wildman–Crippen LogP) is 0.954. The van der Waals surface area contributed by atoms with Crippen molar-refractivity contribution in [1.29, 1.82) is 0 Å². The van der Waals surface area contributed by atoms with E-state index in [1.54, 1.807) is 12.3 Å². The summed E-state index contributed by atoms with van der Waals surface area (Å²) in [7, 11) is 0. The molecule has 6 heteroatoms. The molecule has 2 heterocycles. The molecule has 2 rings (SSSR count). The Morgan fingerprint density at radius 3 is 3.00 bits per heavy atom. The third-order valence-electron chi connectivity index (χ3n) is 3.50. The predicted molar refractivity (Wildman–Crippen MR) is 71.4 cm³/mol. The van der Waals surface area contributed by atoms with Crippen molar-refractivity contribution in [3.8, 4) is 0 Å². The SMILES string of the molecule is CCn1ncc(N2CCCC(CC(=O)O)C2)cc1=O. The number of nitrogens with zero attached hydrogens (tertiary/aromatic N) is 3. The van der Waals surface area contributed by atoms with Crippen molar-refractivity contribution in [3.05, 3.63) is 22.6 Å². The Kier molecular flexibility index (Phi) is 4.19. The van der Waals surface area contributed by atoms with Gasteiger partial charge >= 0.3 is 5.97 Å². The van der Waals surface area contributed by atoms with Crippen LogP contribution in [0.25, 0.3) is 0 Å². The third kappa shape index (κ3) is 3.33. The van der Waals surface area contributed by atoms with Crippen molar-refractivity contribution in [2.75, 3.05) is 18.0 Å². The van der Waals surface area contributed by atoms with Crippen LogP contribution in [0, 0.1) is 5.92 Å². The summed E-state index contributed by atoms with van der Waals surface area (Å²) in [5, 5.41) is 13.0. The summed E-state index contributed by atoms with van der Waals surface area (Å²) in [5.41, 5.74) is 0.685. The molecule has 6 nitrogen and oxygen atoms in total. The lowest BCUT2D eigenvalue weighted by Gasteiger charge is -2.33. The van der Waals surface area contributed by atoms with Crippen LogP contribution in [-0.2, 0) is 11.3 Å². The highest BCUT2D eigenvalue weighted by molar-refractivity contribution is 5.67. The van der Waals surface area contributed by atoms with Crippen molar-refractivity contribution in [3.63, 3.8) is 0 Å². The number of carbonyl (C=O) groups is 1. The molecule has 1 fully saturated rings.